The third-order valence-electron chi connectivity index (χ3n) is 3.88. The van der Waals surface area contributed by atoms with Gasteiger partial charge in [0.05, 0.1) is 16.3 Å². The molecule has 9 nitrogen and oxygen atoms in total. The zero-order chi connectivity index (χ0) is 21.0. The van der Waals surface area contributed by atoms with Crippen LogP contribution in [0.1, 0.15) is 5.56 Å². The second kappa shape index (κ2) is 8.17. The molecule has 0 aliphatic heterocycles. The second-order valence-electron chi connectivity index (χ2n) is 6.07. The molecule has 3 rings (SSSR count). The highest BCUT2D eigenvalue weighted by molar-refractivity contribution is 7.85. The largest absolute Gasteiger partial charge is 0.294 e. The summed E-state index contributed by atoms with van der Waals surface area (Å²) in [7, 11) is -4.30. The van der Waals surface area contributed by atoms with E-state index in [0.717, 1.165) is 5.56 Å². The Balaban J connectivity index is 1.90. The van der Waals surface area contributed by atoms with Crippen LogP contribution in [0, 0.1) is 6.92 Å². The molecule has 0 fully saturated rings. The van der Waals surface area contributed by atoms with E-state index in [-0.39, 0.29) is 15.6 Å². The Morgan fingerprint density at radius 1 is 0.793 bits per heavy atom. The molecule has 29 heavy (non-hydrogen) atoms. The number of hydrogen-bond donors (Lipinski definition) is 3. The van der Waals surface area contributed by atoms with Crippen molar-refractivity contribution in [2.45, 2.75) is 11.8 Å². The van der Waals surface area contributed by atoms with Gasteiger partial charge in [-0.2, -0.15) is 18.6 Å². The summed E-state index contributed by atoms with van der Waals surface area (Å²) < 4.78 is 31.1. The predicted octanol–water partition coefficient (Wildman–Crippen LogP) is 0.693. The zero-order valence-corrected chi connectivity index (χ0v) is 16.0. The minimum atomic E-state index is -4.30. The van der Waals surface area contributed by atoms with Crippen molar-refractivity contribution in [2.24, 2.45) is 10.2 Å². The first kappa shape index (κ1) is 20.1. The first-order chi connectivity index (χ1) is 13.7. The molecule has 0 saturated heterocycles. The van der Waals surface area contributed by atoms with Crippen LogP contribution in [0.5, 0.6) is 0 Å². The minimum Gasteiger partial charge on any atom is -0.287 e. The van der Waals surface area contributed by atoms with Gasteiger partial charge in [-0.15, -0.1) is 0 Å². The average Bonchev–Trinajstić information content (AvgIpc) is 2.68. The lowest BCUT2D eigenvalue weighted by Gasteiger charge is -2.01. The molecule has 0 amide bonds. The molecule has 3 N–H and O–H groups in total. The molecule has 0 aliphatic rings. The second-order valence-corrected chi connectivity index (χ2v) is 7.49. The number of nitrogens with one attached hydrogen (secondary N) is 2. The maximum absolute atomic E-state index is 12.5. The van der Waals surface area contributed by atoms with Gasteiger partial charge >= 0.3 is 0 Å². The molecule has 3 aromatic carbocycles. The summed E-state index contributed by atoms with van der Waals surface area (Å²) in [6.45, 7) is 1.93. The Labute approximate surface area is 165 Å². The lowest BCUT2D eigenvalue weighted by Crippen LogP contribution is -2.47. The molecule has 148 valence electrons. The Morgan fingerprint density at radius 3 is 1.93 bits per heavy atom. The maximum atomic E-state index is 12.5. The van der Waals surface area contributed by atoms with Crippen molar-refractivity contribution < 1.29 is 13.0 Å². The summed E-state index contributed by atoms with van der Waals surface area (Å²) in [4.78, 5) is 24.2. The number of nitrogens with zero attached hydrogens (tertiary/aromatic N) is 2. The highest BCUT2D eigenvalue weighted by Gasteiger charge is 2.08. The van der Waals surface area contributed by atoms with Gasteiger partial charge in [0.25, 0.3) is 10.1 Å². The Kier molecular flexibility index (Phi) is 5.66. The smallest absolute Gasteiger partial charge is 0.287 e. The Bertz CT molecular complexity index is 1360. The summed E-state index contributed by atoms with van der Waals surface area (Å²) in [5.41, 5.74) is 6.10. The van der Waals surface area contributed by atoms with E-state index >= 15 is 0 Å². The normalized spacial score (nSPS) is 12.8. The van der Waals surface area contributed by atoms with E-state index in [1.165, 1.54) is 36.4 Å². The van der Waals surface area contributed by atoms with Crippen LogP contribution in [-0.4, -0.2) is 13.0 Å². The number of hydrogen-bond acceptors (Lipinski definition) is 8. The topological polar surface area (TPSA) is 137 Å². The summed E-state index contributed by atoms with van der Waals surface area (Å²) in [5.74, 6) is 0. The van der Waals surface area contributed by atoms with Crippen LogP contribution in [0.25, 0.3) is 0 Å². The average molecular weight is 412 g/mol. The molecular formula is C19H16N4O5S. The summed E-state index contributed by atoms with van der Waals surface area (Å²) >= 11 is 0. The monoisotopic (exact) mass is 412 g/mol. The molecule has 0 unspecified atom stereocenters. The molecular weight excluding hydrogens is 396 g/mol. The standard InChI is InChI=1S/C19H16N4O5S/c1-12-2-4-13(5-3-12)21-23-18-17(24)11-10-16(19(18)25)22-20-14-6-8-15(9-7-14)29(26,27)28/h2-11,20-21H,1H3,(H,26,27,28). The summed E-state index contributed by atoms with van der Waals surface area (Å²) in [6.07, 6.45) is 0. The fourth-order valence-corrected chi connectivity index (χ4v) is 2.79. The van der Waals surface area contributed by atoms with Gasteiger partial charge < -0.3 is 0 Å². The highest BCUT2D eigenvalue weighted by atomic mass is 32.2. The fourth-order valence-electron chi connectivity index (χ4n) is 2.31. The van der Waals surface area contributed by atoms with E-state index in [0.29, 0.717) is 11.4 Å². The van der Waals surface area contributed by atoms with Gasteiger partial charge in [-0.05, 0) is 55.5 Å². The van der Waals surface area contributed by atoms with Crippen LogP contribution >= 0.6 is 0 Å². The lowest BCUT2D eigenvalue weighted by molar-refractivity contribution is 0.483. The minimum absolute atomic E-state index is 0.0482. The van der Waals surface area contributed by atoms with Crippen LogP contribution in [0.2, 0.25) is 0 Å². The molecule has 0 heterocycles. The molecule has 3 aromatic rings. The van der Waals surface area contributed by atoms with Crippen molar-refractivity contribution in [1.29, 1.82) is 0 Å². The molecule has 0 aromatic heterocycles. The molecule has 10 heteroatoms. The van der Waals surface area contributed by atoms with Crippen molar-refractivity contribution in [2.75, 3.05) is 10.9 Å². The van der Waals surface area contributed by atoms with Gasteiger partial charge in [0, 0.05) is 0 Å². The molecule has 0 aliphatic carbocycles. The van der Waals surface area contributed by atoms with Crippen LogP contribution in [0.15, 0.2) is 85.4 Å². The van der Waals surface area contributed by atoms with Gasteiger partial charge in [0.15, 0.2) is 5.36 Å². The first-order valence-electron chi connectivity index (χ1n) is 8.33. The number of benzene rings is 3. The predicted molar refractivity (Wildman–Crippen MR) is 107 cm³/mol. The van der Waals surface area contributed by atoms with E-state index in [4.69, 9.17) is 4.55 Å². The van der Waals surface area contributed by atoms with Crippen molar-refractivity contribution in [3.8, 4) is 0 Å². The molecule has 0 bridgehead atoms. The molecule has 0 saturated carbocycles. The van der Waals surface area contributed by atoms with Crippen molar-refractivity contribution in [3.63, 3.8) is 0 Å². The summed E-state index contributed by atoms with van der Waals surface area (Å²) in [5, 5.41) is 7.48. The molecule has 0 atom stereocenters. The van der Waals surface area contributed by atoms with E-state index in [9.17, 15) is 18.0 Å². The van der Waals surface area contributed by atoms with Crippen molar-refractivity contribution in [1.82, 2.24) is 0 Å². The molecule has 0 spiro atoms. The highest BCUT2D eigenvalue weighted by Crippen LogP contribution is 2.13. The zero-order valence-electron chi connectivity index (χ0n) is 15.2. The van der Waals surface area contributed by atoms with Crippen LogP contribution < -0.4 is 32.4 Å². The summed E-state index contributed by atoms with van der Waals surface area (Å²) in [6, 6.07) is 14.8. The number of anilines is 2. The van der Waals surface area contributed by atoms with Gasteiger partial charge in [0.2, 0.25) is 10.9 Å². The Morgan fingerprint density at radius 2 is 1.34 bits per heavy atom. The van der Waals surface area contributed by atoms with E-state index < -0.39 is 21.0 Å². The van der Waals surface area contributed by atoms with E-state index in [1.807, 2.05) is 19.1 Å². The number of rotatable bonds is 5. The van der Waals surface area contributed by atoms with Crippen molar-refractivity contribution in [3.05, 3.63) is 97.4 Å². The first-order valence-corrected chi connectivity index (χ1v) is 9.77. The molecule has 0 radical (unpaired) electrons. The fraction of sp³-hybridized carbons (Fsp3) is 0.0526. The van der Waals surface area contributed by atoms with Crippen molar-refractivity contribution >= 4 is 21.5 Å². The van der Waals surface area contributed by atoms with Gasteiger partial charge in [0.1, 0.15) is 5.36 Å². The third kappa shape index (κ3) is 5.00. The third-order valence-corrected chi connectivity index (χ3v) is 4.75. The van der Waals surface area contributed by atoms with Gasteiger partial charge in [-0.1, -0.05) is 17.7 Å². The Hall–Kier alpha value is -3.63. The quantitative estimate of drug-likeness (QED) is 0.414. The van der Waals surface area contributed by atoms with Crippen LogP contribution in [-0.2, 0) is 10.1 Å². The number of aryl methyl sites for hydroxylation is 1. The lowest BCUT2D eigenvalue weighted by atomic mass is 10.2. The maximum Gasteiger partial charge on any atom is 0.294 e. The van der Waals surface area contributed by atoms with Gasteiger partial charge in [-0.25, -0.2) is 0 Å². The SMILES string of the molecule is Cc1ccc(NN=c2c(=O)ccc(=NNc3ccc(S(=O)(=O)O)cc3)c2=O)cc1. The van der Waals surface area contributed by atoms with E-state index in [2.05, 4.69) is 21.1 Å². The van der Waals surface area contributed by atoms with Crippen LogP contribution in [0.3, 0.4) is 0 Å². The van der Waals surface area contributed by atoms with Crippen LogP contribution in [0.4, 0.5) is 11.4 Å². The van der Waals surface area contributed by atoms with Gasteiger partial charge in [-0.3, -0.25) is 25.0 Å². The van der Waals surface area contributed by atoms with E-state index in [1.54, 1.807) is 12.1 Å².